The van der Waals surface area contributed by atoms with Crippen LogP contribution < -0.4 is 14.8 Å². The second-order valence-electron chi connectivity index (χ2n) is 6.99. The van der Waals surface area contributed by atoms with Gasteiger partial charge in [-0.15, -0.1) is 11.3 Å². The van der Waals surface area contributed by atoms with Crippen LogP contribution in [0.15, 0.2) is 58.9 Å². The van der Waals surface area contributed by atoms with Crippen molar-refractivity contribution in [1.29, 1.82) is 0 Å². The van der Waals surface area contributed by atoms with Crippen molar-refractivity contribution >= 4 is 44.6 Å². The topological polar surface area (TPSA) is 107 Å². The van der Waals surface area contributed by atoms with Gasteiger partial charge >= 0.3 is 0 Å². The van der Waals surface area contributed by atoms with E-state index < -0.39 is 10.0 Å². The molecule has 11 heteroatoms. The number of sulfonamides is 1. The van der Waals surface area contributed by atoms with Gasteiger partial charge in [0.25, 0.3) is 15.9 Å². The van der Waals surface area contributed by atoms with E-state index in [2.05, 4.69) is 15.0 Å². The van der Waals surface area contributed by atoms with Crippen LogP contribution in [0.1, 0.15) is 23.2 Å². The molecule has 0 spiro atoms. The number of amides is 1. The quantitative estimate of drug-likeness (QED) is 0.484. The largest absolute Gasteiger partial charge is 0.438 e. The van der Waals surface area contributed by atoms with E-state index in [1.165, 1.54) is 18.3 Å². The molecule has 8 nitrogen and oxygen atoms in total. The van der Waals surface area contributed by atoms with E-state index in [1.54, 1.807) is 36.4 Å². The van der Waals surface area contributed by atoms with Gasteiger partial charge in [0.15, 0.2) is 0 Å². The van der Waals surface area contributed by atoms with Crippen molar-refractivity contribution in [3.05, 3.63) is 64.6 Å². The summed E-state index contributed by atoms with van der Waals surface area (Å²) in [7, 11) is -3.73. The van der Waals surface area contributed by atoms with Crippen LogP contribution in [0, 0.1) is 0 Å². The lowest BCUT2D eigenvalue weighted by atomic mass is 10.2. The molecule has 2 aromatic heterocycles. The van der Waals surface area contributed by atoms with Gasteiger partial charge in [-0.3, -0.25) is 9.52 Å². The molecule has 0 saturated carbocycles. The van der Waals surface area contributed by atoms with Gasteiger partial charge in [0.05, 0.1) is 10.4 Å². The van der Waals surface area contributed by atoms with Crippen LogP contribution in [0.5, 0.6) is 11.6 Å². The predicted octanol–water partition coefficient (Wildman–Crippen LogP) is 4.30. The third kappa shape index (κ3) is 5.57. The highest BCUT2D eigenvalue weighted by Gasteiger charge is 2.20. The number of rotatable bonds is 8. The number of pyridine rings is 1. The summed E-state index contributed by atoms with van der Waals surface area (Å²) < 4.78 is 39.1. The lowest BCUT2D eigenvalue weighted by Crippen LogP contribution is -2.32. The maximum atomic E-state index is 12.6. The third-order valence-electron chi connectivity index (χ3n) is 4.66. The molecule has 2 N–H and O–H groups in total. The Hall–Kier alpha value is -2.66. The Labute approximate surface area is 194 Å². The zero-order chi connectivity index (χ0) is 22.6. The molecule has 0 radical (unpaired) electrons. The molecular weight excluding hydrogens is 474 g/mol. The van der Waals surface area contributed by atoms with E-state index in [0.29, 0.717) is 27.9 Å². The average molecular weight is 494 g/mol. The van der Waals surface area contributed by atoms with Crippen LogP contribution >= 0.6 is 22.9 Å². The van der Waals surface area contributed by atoms with Crippen molar-refractivity contribution in [2.24, 2.45) is 0 Å². The number of nitrogens with one attached hydrogen (secondary N) is 2. The summed E-state index contributed by atoms with van der Waals surface area (Å²) >= 11 is 6.80. The van der Waals surface area contributed by atoms with Crippen molar-refractivity contribution in [1.82, 2.24) is 10.3 Å². The van der Waals surface area contributed by atoms with E-state index in [-0.39, 0.29) is 22.1 Å². The molecule has 168 valence electrons. The monoisotopic (exact) mass is 493 g/mol. The second-order valence-corrected chi connectivity index (χ2v) is 10.6. The number of thiophene rings is 1. The summed E-state index contributed by atoms with van der Waals surface area (Å²) in [6.45, 7) is 1.15. The van der Waals surface area contributed by atoms with Gasteiger partial charge in [-0.1, -0.05) is 11.6 Å². The highest BCUT2D eigenvalue weighted by atomic mass is 35.5. The number of nitrogens with zero attached hydrogens (tertiary/aromatic N) is 1. The van der Waals surface area contributed by atoms with Crippen LogP contribution in [0.25, 0.3) is 0 Å². The van der Waals surface area contributed by atoms with Crippen LogP contribution in [0.4, 0.5) is 5.69 Å². The smallest absolute Gasteiger partial charge is 0.271 e. The summed E-state index contributed by atoms with van der Waals surface area (Å²) in [6, 6.07) is 12.5. The van der Waals surface area contributed by atoms with Gasteiger partial charge in [-0.05, 0) is 61.4 Å². The van der Waals surface area contributed by atoms with Crippen molar-refractivity contribution in [2.75, 3.05) is 17.9 Å². The first kappa shape index (κ1) is 22.5. The number of aromatic nitrogens is 1. The number of anilines is 1. The minimum atomic E-state index is -3.73. The van der Waals surface area contributed by atoms with Crippen molar-refractivity contribution in [2.45, 2.75) is 23.2 Å². The highest BCUT2D eigenvalue weighted by molar-refractivity contribution is 7.94. The third-order valence-corrected chi connectivity index (χ3v) is 7.77. The first-order valence-electron chi connectivity index (χ1n) is 9.81. The standard InChI is InChI=1S/C21H20ClN3O5S2/c22-18-9-10-19(31-18)32(27,28)25-14-5-7-15(8-6-14)30-21-17(4-1-11-23-21)20(26)24-13-16-3-2-12-29-16/h1,4-11,16,25H,2-3,12-13H2,(H,24,26)/t16-/m1/s1. The lowest BCUT2D eigenvalue weighted by molar-refractivity contribution is 0.0855. The molecule has 4 rings (SSSR count). The number of carbonyl (C=O) groups is 1. The molecule has 0 unspecified atom stereocenters. The molecule has 1 aliphatic heterocycles. The maximum Gasteiger partial charge on any atom is 0.271 e. The van der Waals surface area contributed by atoms with Gasteiger partial charge in [0.1, 0.15) is 15.5 Å². The maximum absolute atomic E-state index is 12.6. The fraction of sp³-hybridized carbons (Fsp3) is 0.238. The van der Waals surface area contributed by atoms with Crippen molar-refractivity contribution in [3.8, 4) is 11.6 Å². The van der Waals surface area contributed by atoms with Gasteiger partial charge in [-0.2, -0.15) is 0 Å². The zero-order valence-electron chi connectivity index (χ0n) is 16.8. The van der Waals surface area contributed by atoms with Gasteiger partial charge in [-0.25, -0.2) is 13.4 Å². The Morgan fingerprint density at radius 1 is 1.22 bits per heavy atom. The predicted molar refractivity (Wildman–Crippen MR) is 122 cm³/mol. The summed E-state index contributed by atoms with van der Waals surface area (Å²) in [5.41, 5.74) is 0.655. The fourth-order valence-corrected chi connectivity index (χ4v) is 5.64. The second kappa shape index (κ2) is 9.86. The molecule has 0 aliphatic carbocycles. The summed E-state index contributed by atoms with van der Waals surface area (Å²) in [4.78, 5) is 16.7. The van der Waals surface area contributed by atoms with E-state index in [4.69, 9.17) is 21.1 Å². The number of hydrogen-bond donors (Lipinski definition) is 2. The molecular formula is C21H20ClN3O5S2. The molecule has 1 aliphatic rings. The Morgan fingerprint density at radius 3 is 2.72 bits per heavy atom. The molecule has 3 aromatic rings. The molecule has 3 heterocycles. The molecule has 1 aromatic carbocycles. The van der Waals surface area contributed by atoms with Gasteiger partial charge < -0.3 is 14.8 Å². The highest BCUT2D eigenvalue weighted by Crippen LogP contribution is 2.29. The minimum absolute atomic E-state index is 0.0292. The molecule has 0 bridgehead atoms. The molecule has 1 atom stereocenters. The summed E-state index contributed by atoms with van der Waals surface area (Å²) in [5, 5.41) is 2.85. The van der Waals surface area contributed by atoms with Crippen molar-refractivity contribution in [3.63, 3.8) is 0 Å². The number of ether oxygens (including phenoxy) is 2. The van der Waals surface area contributed by atoms with Gasteiger partial charge in [0.2, 0.25) is 5.88 Å². The lowest BCUT2D eigenvalue weighted by Gasteiger charge is -2.13. The van der Waals surface area contributed by atoms with Crippen molar-refractivity contribution < 1.29 is 22.7 Å². The molecule has 1 saturated heterocycles. The van der Waals surface area contributed by atoms with Crippen LogP contribution in [-0.4, -0.2) is 38.6 Å². The Kier molecular flexibility index (Phi) is 6.95. The first-order valence-corrected chi connectivity index (χ1v) is 12.5. The first-order chi connectivity index (χ1) is 15.4. The zero-order valence-corrected chi connectivity index (χ0v) is 19.2. The van der Waals surface area contributed by atoms with E-state index in [0.717, 1.165) is 30.8 Å². The normalized spacial score (nSPS) is 16.0. The number of carbonyl (C=O) groups excluding carboxylic acids is 1. The van der Waals surface area contributed by atoms with Crippen LogP contribution in [0.3, 0.4) is 0 Å². The Bertz CT molecular complexity index is 1190. The molecule has 1 fully saturated rings. The average Bonchev–Trinajstić information content (AvgIpc) is 3.46. The molecule has 32 heavy (non-hydrogen) atoms. The fourth-order valence-electron chi connectivity index (χ4n) is 3.10. The van der Waals surface area contributed by atoms with Crippen LogP contribution in [0.2, 0.25) is 4.34 Å². The van der Waals surface area contributed by atoms with E-state index >= 15 is 0 Å². The number of benzene rings is 1. The Morgan fingerprint density at radius 2 is 2.03 bits per heavy atom. The Balaban J connectivity index is 1.42. The number of halogens is 1. The minimum Gasteiger partial charge on any atom is -0.438 e. The summed E-state index contributed by atoms with van der Waals surface area (Å²) in [6.07, 6.45) is 3.48. The SMILES string of the molecule is O=C(NC[C@H]1CCCO1)c1cccnc1Oc1ccc(NS(=O)(=O)c2ccc(Cl)s2)cc1. The van der Waals surface area contributed by atoms with Gasteiger partial charge in [0, 0.05) is 25.0 Å². The van der Waals surface area contributed by atoms with E-state index in [9.17, 15) is 13.2 Å². The summed E-state index contributed by atoms with van der Waals surface area (Å²) in [5.74, 6) is 0.250. The number of hydrogen-bond acceptors (Lipinski definition) is 7. The van der Waals surface area contributed by atoms with Crippen LogP contribution in [-0.2, 0) is 14.8 Å². The molecule has 1 amide bonds. The van der Waals surface area contributed by atoms with E-state index in [1.807, 2.05) is 0 Å².